The molecule has 1 atom stereocenters. The zero-order chi connectivity index (χ0) is 17.4. The predicted octanol–water partition coefficient (Wildman–Crippen LogP) is 1.93. The van der Waals surface area contributed by atoms with Crippen molar-refractivity contribution in [3.63, 3.8) is 0 Å². The van der Waals surface area contributed by atoms with E-state index in [9.17, 15) is 4.79 Å². The number of rotatable bonds is 3. The molecule has 0 bridgehead atoms. The number of imidazole rings is 1. The van der Waals surface area contributed by atoms with Crippen molar-refractivity contribution in [1.29, 1.82) is 0 Å². The Morgan fingerprint density at radius 1 is 1.36 bits per heavy atom. The molecule has 1 aliphatic rings. The van der Waals surface area contributed by atoms with Gasteiger partial charge in [0.2, 0.25) is 5.91 Å². The van der Waals surface area contributed by atoms with Crippen molar-refractivity contribution in [3.8, 4) is 11.5 Å². The van der Waals surface area contributed by atoms with E-state index in [4.69, 9.17) is 10.4 Å². The van der Waals surface area contributed by atoms with Crippen LogP contribution in [0.15, 0.2) is 28.9 Å². The zero-order valence-corrected chi connectivity index (χ0v) is 14.1. The standard InChI is InChI=1S/C17H20N6O2/c1-11-5-4-8-22(9-11)14(24)10-23-13-7-3-2-6-12(13)19-17(23)15-16(18)21-25-20-15/h2-3,6-7,11H,4-5,8-10H2,1H3,(H2,18,21)/t11-/m0/s1. The number of hydrogen-bond acceptors (Lipinski definition) is 6. The fraction of sp³-hybridized carbons (Fsp3) is 0.412. The van der Waals surface area contributed by atoms with Crippen LogP contribution in [0.5, 0.6) is 0 Å². The SMILES string of the molecule is C[C@H]1CCCN(C(=O)Cn2c(-c3nonc3N)nc3ccccc32)C1. The topological polar surface area (TPSA) is 103 Å². The van der Waals surface area contributed by atoms with Crippen molar-refractivity contribution in [2.45, 2.75) is 26.3 Å². The Labute approximate surface area is 144 Å². The summed E-state index contributed by atoms with van der Waals surface area (Å²) in [6, 6.07) is 7.65. The second kappa shape index (κ2) is 6.19. The lowest BCUT2D eigenvalue weighted by Crippen LogP contribution is -2.40. The number of carbonyl (C=O) groups is 1. The largest absolute Gasteiger partial charge is 0.379 e. The van der Waals surface area contributed by atoms with Crippen molar-refractivity contribution >= 4 is 22.8 Å². The Morgan fingerprint density at radius 3 is 2.96 bits per heavy atom. The Balaban J connectivity index is 1.73. The highest BCUT2D eigenvalue weighted by Gasteiger charge is 2.25. The van der Waals surface area contributed by atoms with Crippen LogP contribution in [0.2, 0.25) is 0 Å². The summed E-state index contributed by atoms with van der Waals surface area (Å²) in [7, 11) is 0. The van der Waals surface area contributed by atoms with E-state index in [2.05, 4.69) is 22.2 Å². The fourth-order valence-electron chi connectivity index (χ4n) is 3.42. The molecule has 4 rings (SSSR count). The number of nitrogens with zero attached hydrogens (tertiary/aromatic N) is 5. The van der Waals surface area contributed by atoms with Crippen LogP contribution in [-0.2, 0) is 11.3 Å². The van der Waals surface area contributed by atoms with Gasteiger partial charge in [0.05, 0.1) is 11.0 Å². The van der Waals surface area contributed by atoms with E-state index in [-0.39, 0.29) is 18.3 Å². The average Bonchev–Trinajstić information content (AvgIpc) is 3.18. The molecule has 1 aliphatic heterocycles. The molecule has 1 aromatic carbocycles. The normalized spacial score (nSPS) is 18.0. The van der Waals surface area contributed by atoms with Crippen molar-refractivity contribution in [1.82, 2.24) is 24.8 Å². The van der Waals surface area contributed by atoms with E-state index in [1.165, 1.54) is 6.42 Å². The van der Waals surface area contributed by atoms with Gasteiger partial charge in [-0.3, -0.25) is 4.79 Å². The molecule has 3 heterocycles. The van der Waals surface area contributed by atoms with Crippen molar-refractivity contribution in [3.05, 3.63) is 24.3 Å². The number of nitrogens with two attached hydrogens (primary N) is 1. The van der Waals surface area contributed by atoms with Gasteiger partial charge >= 0.3 is 0 Å². The van der Waals surface area contributed by atoms with Gasteiger partial charge in [-0.1, -0.05) is 19.1 Å². The number of amides is 1. The number of anilines is 1. The molecular weight excluding hydrogens is 320 g/mol. The first kappa shape index (κ1) is 15.6. The number of nitrogen functional groups attached to an aromatic ring is 1. The maximum Gasteiger partial charge on any atom is 0.242 e. The molecular formula is C17H20N6O2. The van der Waals surface area contributed by atoms with Crippen LogP contribution in [-0.4, -0.2) is 43.8 Å². The Hall–Kier alpha value is -2.90. The lowest BCUT2D eigenvalue weighted by atomic mass is 10.0. The number of fused-ring (bicyclic) bond motifs is 1. The van der Waals surface area contributed by atoms with Gasteiger partial charge in [-0.2, -0.15) is 0 Å². The molecule has 3 aromatic rings. The molecule has 2 aromatic heterocycles. The molecule has 25 heavy (non-hydrogen) atoms. The fourth-order valence-corrected chi connectivity index (χ4v) is 3.42. The number of hydrogen-bond donors (Lipinski definition) is 1. The van der Waals surface area contributed by atoms with Crippen LogP contribution in [0.1, 0.15) is 19.8 Å². The smallest absolute Gasteiger partial charge is 0.242 e. The summed E-state index contributed by atoms with van der Waals surface area (Å²) in [6.45, 7) is 3.97. The summed E-state index contributed by atoms with van der Waals surface area (Å²) >= 11 is 0. The van der Waals surface area contributed by atoms with E-state index in [0.29, 0.717) is 17.4 Å². The first-order valence-corrected chi connectivity index (χ1v) is 8.45. The van der Waals surface area contributed by atoms with E-state index in [1.807, 2.05) is 33.7 Å². The lowest BCUT2D eigenvalue weighted by Gasteiger charge is -2.31. The van der Waals surface area contributed by atoms with Crippen molar-refractivity contribution in [2.75, 3.05) is 18.8 Å². The maximum absolute atomic E-state index is 12.8. The molecule has 0 spiro atoms. The highest BCUT2D eigenvalue weighted by atomic mass is 16.6. The van der Waals surface area contributed by atoms with Crippen LogP contribution >= 0.6 is 0 Å². The number of likely N-dealkylation sites (tertiary alicyclic amines) is 1. The van der Waals surface area contributed by atoms with Gasteiger partial charge in [-0.25, -0.2) is 9.61 Å². The highest BCUT2D eigenvalue weighted by Crippen LogP contribution is 2.27. The molecule has 0 unspecified atom stereocenters. The molecule has 2 N–H and O–H groups in total. The van der Waals surface area contributed by atoms with Crippen LogP contribution in [0, 0.1) is 5.92 Å². The third-order valence-corrected chi connectivity index (χ3v) is 4.68. The Bertz CT molecular complexity index is 915. The van der Waals surface area contributed by atoms with Gasteiger partial charge in [0, 0.05) is 13.1 Å². The summed E-state index contributed by atoms with van der Waals surface area (Å²) in [4.78, 5) is 19.4. The van der Waals surface area contributed by atoms with Gasteiger partial charge in [0.15, 0.2) is 17.3 Å². The van der Waals surface area contributed by atoms with E-state index >= 15 is 0 Å². The molecule has 1 saturated heterocycles. The summed E-state index contributed by atoms with van der Waals surface area (Å²) < 4.78 is 6.55. The number of para-hydroxylation sites is 2. The molecule has 8 heteroatoms. The minimum Gasteiger partial charge on any atom is -0.379 e. The molecule has 8 nitrogen and oxygen atoms in total. The molecule has 1 fully saturated rings. The Morgan fingerprint density at radius 2 is 2.20 bits per heavy atom. The van der Waals surface area contributed by atoms with Crippen LogP contribution in [0.25, 0.3) is 22.6 Å². The third kappa shape index (κ3) is 2.84. The van der Waals surface area contributed by atoms with E-state index in [1.54, 1.807) is 0 Å². The number of aromatic nitrogens is 4. The third-order valence-electron chi connectivity index (χ3n) is 4.68. The lowest BCUT2D eigenvalue weighted by molar-refractivity contribution is -0.133. The molecule has 130 valence electrons. The second-order valence-electron chi connectivity index (χ2n) is 6.60. The van der Waals surface area contributed by atoms with Gasteiger partial charge in [0.1, 0.15) is 6.54 Å². The van der Waals surface area contributed by atoms with Crippen molar-refractivity contribution < 1.29 is 9.42 Å². The highest BCUT2D eigenvalue weighted by molar-refractivity contribution is 5.85. The number of benzene rings is 1. The minimum atomic E-state index is 0.0750. The molecule has 0 saturated carbocycles. The minimum absolute atomic E-state index is 0.0750. The monoisotopic (exact) mass is 340 g/mol. The predicted molar refractivity (Wildman–Crippen MR) is 92.4 cm³/mol. The second-order valence-corrected chi connectivity index (χ2v) is 6.60. The molecule has 1 amide bonds. The maximum atomic E-state index is 12.8. The van der Waals surface area contributed by atoms with E-state index < -0.39 is 0 Å². The summed E-state index contributed by atoms with van der Waals surface area (Å²) in [6.07, 6.45) is 2.22. The summed E-state index contributed by atoms with van der Waals surface area (Å²) in [5.74, 6) is 1.27. The van der Waals surface area contributed by atoms with Gasteiger partial charge in [-0.05, 0) is 41.2 Å². The molecule has 0 radical (unpaired) electrons. The zero-order valence-electron chi connectivity index (χ0n) is 14.1. The number of carbonyl (C=O) groups excluding carboxylic acids is 1. The van der Waals surface area contributed by atoms with Crippen LogP contribution in [0.3, 0.4) is 0 Å². The first-order valence-electron chi connectivity index (χ1n) is 8.45. The average molecular weight is 340 g/mol. The van der Waals surface area contributed by atoms with Crippen LogP contribution < -0.4 is 5.73 Å². The Kier molecular flexibility index (Phi) is 3.87. The van der Waals surface area contributed by atoms with Gasteiger partial charge < -0.3 is 15.2 Å². The summed E-state index contributed by atoms with van der Waals surface area (Å²) in [5.41, 5.74) is 7.83. The molecule has 0 aliphatic carbocycles. The van der Waals surface area contributed by atoms with Crippen LogP contribution in [0.4, 0.5) is 5.82 Å². The first-order chi connectivity index (χ1) is 12.1. The van der Waals surface area contributed by atoms with Crippen molar-refractivity contribution in [2.24, 2.45) is 5.92 Å². The summed E-state index contributed by atoms with van der Waals surface area (Å²) in [5, 5.41) is 7.48. The quantitative estimate of drug-likeness (QED) is 0.781. The van der Waals surface area contributed by atoms with Gasteiger partial charge in [0.25, 0.3) is 0 Å². The number of piperidine rings is 1. The van der Waals surface area contributed by atoms with E-state index in [0.717, 1.165) is 30.5 Å². The van der Waals surface area contributed by atoms with Gasteiger partial charge in [-0.15, -0.1) is 0 Å².